The van der Waals surface area contributed by atoms with E-state index in [4.69, 9.17) is 14.2 Å². The van der Waals surface area contributed by atoms with Crippen molar-refractivity contribution in [3.8, 4) is 17.2 Å². The Morgan fingerprint density at radius 3 is 2.29 bits per heavy atom. The molecule has 0 saturated carbocycles. The summed E-state index contributed by atoms with van der Waals surface area (Å²) in [7, 11) is 4.90. The zero-order valence-corrected chi connectivity index (χ0v) is 14.0. The van der Waals surface area contributed by atoms with Crippen LogP contribution in [-0.4, -0.2) is 26.3 Å². The molecule has 24 heavy (non-hydrogen) atoms. The van der Waals surface area contributed by atoms with Crippen LogP contribution in [0.5, 0.6) is 17.2 Å². The van der Waals surface area contributed by atoms with E-state index in [0.29, 0.717) is 12.3 Å². The lowest BCUT2D eigenvalue weighted by molar-refractivity contribution is 0.369. The standard InChI is InChI=1S/C19H20N2O3/c1-22-13-10-18(23-2)15(19(11-13)24-3)12-21-17-8-9-20-16-7-5-4-6-14(16)17/h4-11H,12H2,1-3H3,(H,20,21). The van der Waals surface area contributed by atoms with Crippen molar-refractivity contribution in [1.82, 2.24) is 4.98 Å². The number of nitrogens with zero attached hydrogens (tertiary/aromatic N) is 1. The number of hydrogen-bond acceptors (Lipinski definition) is 5. The Balaban J connectivity index is 1.93. The number of aromatic nitrogens is 1. The summed E-state index contributed by atoms with van der Waals surface area (Å²) in [6.07, 6.45) is 1.80. The Kier molecular flexibility index (Phi) is 4.70. The van der Waals surface area contributed by atoms with E-state index in [0.717, 1.165) is 33.7 Å². The number of methoxy groups -OCH3 is 3. The van der Waals surface area contributed by atoms with Gasteiger partial charge in [0, 0.05) is 35.9 Å². The van der Waals surface area contributed by atoms with Crippen LogP contribution in [0, 0.1) is 0 Å². The van der Waals surface area contributed by atoms with Crippen LogP contribution in [0.4, 0.5) is 5.69 Å². The van der Waals surface area contributed by atoms with Gasteiger partial charge in [-0.15, -0.1) is 0 Å². The molecular weight excluding hydrogens is 304 g/mol. The van der Waals surface area contributed by atoms with E-state index in [-0.39, 0.29) is 0 Å². The van der Waals surface area contributed by atoms with Crippen molar-refractivity contribution in [2.24, 2.45) is 0 Å². The number of para-hydroxylation sites is 1. The molecule has 5 nitrogen and oxygen atoms in total. The fraction of sp³-hybridized carbons (Fsp3) is 0.211. The van der Waals surface area contributed by atoms with Crippen molar-refractivity contribution in [2.75, 3.05) is 26.6 Å². The predicted molar refractivity (Wildman–Crippen MR) is 95.2 cm³/mol. The molecule has 0 fully saturated rings. The lowest BCUT2D eigenvalue weighted by Gasteiger charge is -2.16. The van der Waals surface area contributed by atoms with Crippen LogP contribution in [0.2, 0.25) is 0 Å². The molecule has 3 aromatic rings. The van der Waals surface area contributed by atoms with Gasteiger partial charge in [-0.3, -0.25) is 4.98 Å². The van der Waals surface area contributed by atoms with Gasteiger partial charge in [-0.25, -0.2) is 0 Å². The maximum Gasteiger partial charge on any atom is 0.131 e. The fourth-order valence-corrected chi connectivity index (χ4v) is 2.69. The average Bonchev–Trinajstić information content (AvgIpc) is 2.65. The highest BCUT2D eigenvalue weighted by Gasteiger charge is 2.13. The molecule has 0 aliphatic heterocycles. The van der Waals surface area contributed by atoms with Crippen LogP contribution in [0.3, 0.4) is 0 Å². The van der Waals surface area contributed by atoms with Gasteiger partial charge in [-0.1, -0.05) is 18.2 Å². The first-order valence-electron chi connectivity index (χ1n) is 7.63. The highest BCUT2D eigenvalue weighted by atomic mass is 16.5. The number of pyridine rings is 1. The van der Waals surface area contributed by atoms with Crippen molar-refractivity contribution in [3.63, 3.8) is 0 Å². The van der Waals surface area contributed by atoms with Gasteiger partial charge in [0.15, 0.2) is 0 Å². The molecule has 2 aromatic carbocycles. The molecular formula is C19H20N2O3. The lowest BCUT2D eigenvalue weighted by atomic mass is 10.1. The maximum absolute atomic E-state index is 5.49. The second-order valence-corrected chi connectivity index (χ2v) is 5.24. The lowest BCUT2D eigenvalue weighted by Crippen LogP contribution is -2.05. The molecule has 0 amide bonds. The van der Waals surface area contributed by atoms with E-state index >= 15 is 0 Å². The molecule has 0 atom stereocenters. The molecule has 0 aliphatic carbocycles. The second kappa shape index (κ2) is 7.08. The van der Waals surface area contributed by atoms with Crippen molar-refractivity contribution >= 4 is 16.6 Å². The molecule has 3 rings (SSSR count). The number of anilines is 1. The molecule has 0 bridgehead atoms. The van der Waals surface area contributed by atoms with Gasteiger partial charge >= 0.3 is 0 Å². The van der Waals surface area contributed by atoms with Gasteiger partial charge in [-0.2, -0.15) is 0 Å². The number of benzene rings is 2. The number of ether oxygens (including phenoxy) is 3. The highest BCUT2D eigenvalue weighted by Crippen LogP contribution is 2.35. The zero-order valence-electron chi connectivity index (χ0n) is 14.0. The molecule has 0 radical (unpaired) electrons. The van der Waals surface area contributed by atoms with Gasteiger partial charge in [0.1, 0.15) is 17.2 Å². The molecule has 1 N–H and O–H groups in total. The van der Waals surface area contributed by atoms with Gasteiger partial charge < -0.3 is 19.5 Å². The summed E-state index contributed by atoms with van der Waals surface area (Å²) in [4.78, 5) is 4.38. The number of fused-ring (bicyclic) bond motifs is 1. The second-order valence-electron chi connectivity index (χ2n) is 5.24. The van der Waals surface area contributed by atoms with E-state index in [9.17, 15) is 0 Å². The van der Waals surface area contributed by atoms with Gasteiger partial charge in [0.2, 0.25) is 0 Å². The molecule has 1 aromatic heterocycles. The Hall–Kier alpha value is -2.95. The largest absolute Gasteiger partial charge is 0.496 e. The fourth-order valence-electron chi connectivity index (χ4n) is 2.69. The first-order valence-corrected chi connectivity index (χ1v) is 7.63. The molecule has 1 heterocycles. The van der Waals surface area contributed by atoms with Gasteiger partial charge in [-0.05, 0) is 12.1 Å². The molecule has 0 spiro atoms. The summed E-state index contributed by atoms with van der Waals surface area (Å²) in [6.45, 7) is 0.560. The quantitative estimate of drug-likeness (QED) is 0.746. The van der Waals surface area contributed by atoms with Crippen molar-refractivity contribution in [2.45, 2.75) is 6.54 Å². The third-order valence-electron chi connectivity index (χ3n) is 3.92. The summed E-state index contributed by atoms with van der Waals surface area (Å²) < 4.78 is 16.3. The van der Waals surface area contributed by atoms with E-state index in [1.165, 1.54) is 0 Å². The van der Waals surface area contributed by atoms with E-state index < -0.39 is 0 Å². The molecule has 5 heteroatoms. The van der Waals surface area contributed by atoms with Crippen molar-refractivity contribution in [3.05, 3.63) is 54.2 Å². The predicted octanol–water partition coefficient (Wildman–Crippen LogP) is 3.87. The maximum atomic E-state index is 5.49. The van der Waals surface area contributed by atoms with Crippen LogP contribution in [0.15, 0.2) is 48.7 Å². The highest BCUT2D eigenvalue weighted by molar-refractivity contribution is 5.90. The summed E-state index contributed by atoms with van der Waals surface area (Å²) >= 11 is 0. The first-order chi connectivity index (χ1) is 11.8. The topological polar surface area (TPSA) is 52.6 Å². The van der Waals surface area contributed by atoms with Crippen molar-refractivity contribution in [1.29, 1.82) is 0 Å². The van der Waals surface area contributed by atoms with Crippen LogP contribution >= 0.6 is 0 Å². The smallest absolute Gasteiger partial charge is 0.131 e. The van der Waals surface area contributed by atoms with Crippen LogP contribution < -0.4 is 19.5 Å². The number of rotatable bonds is 6. The number of hydrogen-bond donors (Lipinski definition) is 1. The number of nitrogens with one attached hydrogen (secondary N) is 1. The Labute approximate surface area is 141 Å². The van der Waals surface area contributed by atoms with Crippen molar-refractivity contribution < 1.29 is 14.2 Å². The Morgan fingerprint density at radius 1 is 0.917 bits per heavy atom. The molecule has 0 saturated heterocycles. The van der Waals surface area contributed by atoms with Crippen LogP contribution in [-0.2, 0) is 6.54 Å². The summed E-state index contributed by atoms with van der Waals surface area (Å²) in [5, 5.41) is 4.53. The van der Waals surface area contributed by atoms with Crippen LogP contribution in [0.1, 0.15) is 5.56 Å². The zero-order chi connectivity index (χ0) is 16.9. The third-order valence-corrected chi connectivity index (χ3v) is 3.92. The summed E-state index contributed by atoms with van der Waals surface area (Å²) in [6, 6.07) is 13.7. The van der Waals surface area contributed by atoms with Gasteiger partial charge in [0.25, 0.3) is 0 Å². The Morgan fingerprint density at radius 2 is 1.62 bits per heavy atom. The van der Waals surface area contributed by atoms with E-state index in [2.05, 4.69) is 10.3 Å². The first kappa shape index (κ1) is 15.9. The minimum absolute atomic E-state index is 0.560. The third kappa shape index (κ3) is 3.06. The molecule has 0 unspecified atom stereocenters. The molecule has 124 valence electrons. The monoisotopic (exact) mass is 324 g/mol. The summed E-state index contributed by atoms with van der Waals surface area (Å²) in [5.41, 5.74) is 2.90. The van der Waals surface area contributed by atoms with Crippen LogP contribution in [0.25, 0.3) is 10.9 Å². The van der Waals surface area contributed by atoms with E-state index in [1.54, 1.807) is 27.5 Å². The normalized spacial score (nSPS) is 10.5. The van der Waals surface area contributed by atoms with E-state index in [1.807, 2.05) is 42.5 Å². The van der Waals surface area contributed by atoms with Gasteiger partial charge in [0.05, 0.1) is 32.4 Å². The minimum Gasteiger partial charge on any atom is -0.496 e. The average molecular weight is 324 g/mol. The summed E-state index contributed by atoms with van der Waals surface area (Å²) in [5.74, 6) is 2.14. The SMILES string of the molecule is COc1cc(OC)c(CNc2ccnc3ccccc23)c(OC)c1. The molecule has 0 aliphatic rings. The Bertz CT molecular complexity index is 819. The minimum atomic E-state index is 0.560.